The van der Waals surface area contributed by atoms with Gasteiger partial charge in [0.15, 0.2) is 0 Å². The maximum Gasteiger partial charge on any atom is 0.243 e. The molecule has 2 aliphatic rings. The molecule has 0 bridgehead atoms. The van der Waals surface area contributed by atoms with Crippen molar-refractivity contribution in [3.63, 3.8) is 0 Å². The molecule has 1 saturated carbocycles. The van der Waals surface area contributed by atoms with Crippen LogP contribution < -0.4 is 0 Å². The van der Waals surface area contributed by atoms with Crippen LogP contribution in [0.15, 0.2) is 35.2 Å². The molecule has 1 aliphatic heterocycles. The molecule has 0 radical (unpaired) electrons. The fraction of sp³-hybridized carbons (Fsp3) is 0.647. The van der Waals surface area contributed by atoms with E-state index in [2.05, 4.69) is 20.8 Å². The van der Waals surface area contributed by atoms with Crippen molar-refractivity contribution in [3.8, 4) is 0 Å². The number of benzene rings is 1. The van der Waals surface area contributed by atoms with E-state index in [9.17, 15) is 8.42 Å². The van der Waals surface area contributed by atoms with Gasteiger partial charge in [-0.3, -0.25) is 0 Å². The molecule has 1 spiro atoms. The number of rotatable bonds is 2. The van der Waals surface area contributed by atoms with E-state index in [1.165, 1.54) is 25.7 Å². The quantitative estimate of drug-likeness (QED) is 0.830. The predicted octanol–water partition coefficient (Wildman–Crippen LogP) is 3.91. The molecule has 0 aromatic heterocycles. The Labute approximate surface area is 129 Å². The largest absolute Gasteiger partial charge is 0.243 e. The second-order valence-corrected chi connectivity index (χ2v) is 8.58. The maximum atomic E-state index is 12.4. The minimum atomic E-state index is -3.25. The van der Waals surface area contributed by atoms with Crippen LogP contribution in [0.4, 0.5) is 0 Å². The van der Waals surface area contributed by atoms with Gasteiger partial charge in [-0.05, 0) is 36.3 Å². The summed E-state index contributed by atoms with van der Waals surface area (Å²) in [4.78, 5) is 0.422. The van der Waals surface area contributed by atoms with Crippen molar-refractivity contribution < 1.29 is 8.42 Å². The van der Waals surface area contributed by atoms with Crippen LogP contribution in [0.1, 0.15) is 46.5 Å². The number of hydrogen-bond acceptors (Lipinski definition) is 2. The van der Waals surface area contributed by atoms with E-state index >= 15 is 0 Å². The van der Waals surface area contributed by atoms with Crippen LogP contribution in [0.5, 0.6) is 0 Å². The Morgan fingerprint density at radius 3 is 2.24 bits per heavy atom. The average molecular weight is 309 g/mol. The standard InChI is InChI=1S/C14H19NO2S.C3H8/c1-12-7-8-14(9-12)10-15(11-14)18(16,17)13-5-3-2-4-6-13;1-3-2/h2-6,12H,7-11H2,1H3;3H2,1-2H3. The molecular formula is C17H27NO2S. The van der Waals surface area contributed by atoms with E-state index in [1.807, 2.05) is 6.07 Å². The van der Waals surface area contributed by atoms with E-state index in [1.54, 1.807) is 28.6 Å². The lowest BCUT2D eigenvalue weighted by Gasteiger charge is -2.47. The molecule has 0 N–H and O–H groups in total. The van der Waals surface area contributed by atoms with Gasteiger partial charge in [-0.25, -0.2) is 8.42 Å². The van der Waals surface area contributed by atoms with Gasteiger partial charge in [0, 0.05) is 13.1 Å². The van der Waals surface area contributed by atoms with Crippen LogP contribution in [0.25, 0.3) is 0 Å². The summed E-state index contributed by atoms with van der Waals surface area (Å²) in [5, 5.41) is 0. The third-order valence-electron chi connectivity index (χ3n) is 4.35. The third-order valence-corrected chi connectivity index (χ3v) is 6.16. The summed E-state index contributed by atoms with van der Waals surface area (Å²) < 4.78 is 26.4. The summed E-state index contributed by atoms with van der Waals surface area (Å²) in [5.41, 5.74) is 0.293. The fourth-order valence-electron chi connectivity index (χ4n) is 3.40. The molecule has 1 atom stereocenters. The minimum Gasteiger partial charge on any atom is -0.207 e. The van der Waals surface area contributed by atoms with Gasteiger partial charge < -0.3 is 0 Å². The van der Waals surface area contributed by atoms with Crippen LogP contribution in [-0.2, 0) is 10.0 Å². The Kier molecular flexibility index (Phi) is 5.10. The lowest BCUT2D eigenvalue weighted by atomic mass is 9.79. The number of hydrogen-bond donors (Lipinski definition) is 0. The van der Waals surface area contributed by atoms with E-state index in [0.29, 0.717) is 23.4 Å². The van der Waals surface area contributed by atoms with Gasteiger partial charge in [-0.15, -0.1) is 0 Å². The topological polar surface area (TPSA) is 37.4 Å². The van der Waals surface area contributed by atoms with Gasteiger partial charge in [0.05, 0.1) is 4.90 Å². The SMILES string of the molecule is CC1CCC2(C1)CN(S(=O)(=O)c1ccccc1)C2.CCC. The zero-order valence-corrected chi connectivity index (χ0v) is 14.2. The van der Waals surface area contributed by atoms with Crippen molar-refractivity contribution in [3.05, 3.63) is 30.3 Å². The molecule has 118 valence electrons. The smallest absolute Gasteiger partial charge is 0.207 e. The highest BCUT2D eigenvalue weighted by Crippen LogP contribution is 2.49. The first-order valence-electron chi connectivity index (χ1n) is 7.99. The normalized spacial score (nSPS) is 24.2. The Morgan fingerprint density at radius 2 is 1.76 bits per heavy atom. The predicted molar refractivity (Wildman–Crippen MR) is 86.6 cm³/mol. The molecule has 2 fully saturated rings. The Hall–Kier alpha value is -0.870. The number of sulfonamides is 1. The maximum absolute atomic E-state index is 12.4. The zero-order valence-electron chi connectivity index (χ0n) is 13.4. The summed E-state index contributed by atoms with van der Waals surface area (Å²) in [7, 11) is -3.25. The van der Waals surface area contributed by atoms with Gasteiger partial charge in [0.1, 0.15) is 0 Å². The van der Waals surface area contributed by atoms with Crippen LogP contribution in [0, 0.1) is 11.3 Å². The molecule has 1 aromatic carbocycles. The zero-order chi connectivity index (χ0) is 15.5. The summed E-state index contributed by atoms with van der Waals surface area (Å²) in [5.74, 6) is 0.756. The van der Waals surface area contributed by atoms with Gasteiger partial charge in [-0.1, -0.05) is 51.8 Å². The lowest BCUT2D eigenvalue weighted by Crippen LogP contribution is -2.57. The Balaban J connectivity index is 0.000000497. The van der Waals surface area contributed by atoms with Gasteiger partial charge in [0.2, 0.25) is 10.0 Å². The molecule has 1 unspecified atom stereocenters. The van der Waals surface area contributed by atoms with Crippen molar-refractivity contribution in [2.45, 2.75) is 51.3 Å². The third kappa shape index (κ3) is 3.49. The first-order valence-corrected chi connectivity index (χ1v) is 9.43. The molecular weight excluding hydrogens is 282 g/mol. The molecule has 1 aliphatic carbocycles. The second-order valence-electron chi connectivity index (χ2n) is 6.64. The number of nitrogens with zero attached hydrogens (tertiary/aromatic N) is 1. The summed E-state index contributed by atoms with van der Waals surface area (Å²) in [6.07, 6.45) is 4.88. The van der Waals surface area contributed by atoms with Crippen LogP contribution >= 0.6 is 0 Å². The van der Waals surface area contributed by atoms with Crippen molar-refractivity contribution in [2.75, 3.05) is 13.1 Å². The highest BCUT2D eigenvalue weighted by molar-refractivity contribution is 7.89. The summed E-state index contributed by atoms with van der Waals surface area (Å²) in [6, 6.07) is 8.75. The van der Waals surface area contributed by atoms with Crippen LogP contribution in [-0.4, -0.2) is 25.8 Å². The molecule has 1 aromatic rings. The van der Waals surface area contributed by atoms with Crippen LogP contribution in [0.2, 0.25) is 0 Å². The molecule has 0 amide bonds. The molecule has 3 rings (SSSR count). The Bertz CT molecular complexity index is 547. The van der Waals surface area contributed by atoms with E-state index < -0.39 is 10.0 Å². The van der Waals surface area contributed by atoms with Gasteiger partial charge >= 0.3 is 0 Å². The van der Waals surface area contributed by atoms with Gasteiger partial charge in [0.25, 0.3) is 0 Å². The highest BCUT2D eigenvalue weighted by atomic mass is 32.2. The monoisotopic (exact) mass is 309 g/mol. The van der Waals surface area contributed by atoms with E-state index in [0.717, 1.165) is 5.92 Å². The van der Waals surface area contributed by atoms with Crippen molar-refractivity contribution >= 4 is 10.0 Å². The molecule has 4 heteroatoms. The highest BCUT2D eigenvalue weighted by Gasteiger charge is 2.50. The van der Waals surface area contributed by atoms with Crippen molar-refractivity contribution in [2.24, 2.45) is 11.3 Å². The second kappa shape index (κ2) is 6.49. The average Bonchev–Trinajstić information content (AvgIpc) is 2.82. The molecule has 3 nitrogen and oxygen atoms in total. The van der Waals surface area contributed by atoms with Gasteiger partial charge in [-0.2, -0.15) is 4.31 Å². The molecule has 1 heterocycles. The van der Waals surface area contributed by atoms with Crippen LogP contribution in [0.3, 0.4) is 0 Å². The van der Waals surface area contributed by atoms with Crippen molar-refractivity contribution in [1.82, 2.24) is 4.31 Å². The summed E-state index contributed by atoms with van der Waals surface area (Å²) >= 11 is 0. The molecule has 21 heavy (non-hydrogen) atoms. The Morgan fingerprint density at radius 1 is 1.19 bits per heavy atom. The summed E-state index contributed by atoms with van der Waals surface area (Å²) in [6.45, 7) is 7.95. The molecule has 1 saturated heterocycles. The minimum absolute atomic E-state index is 0.293. The van der Waals surface area contributed by atoms with E-state index in [4.69, 9.17) is 0 Å². The first kappa shape index (κ1) is 16.5. The van der Waals surface area contributed by atoms with Crippen molar-refractivity contribution in [1.29, 1.82) is 0 Å². The van der Waals surface area contributed by atoms with E-state index in [-0.39, 0.29) is 0 Å². The first-order chi connectivity index (χ1) is 9.93. The lowest BCUT2D eigenvalue weighted by molar-refractivity contribution is 0.0739. The fourth-order valence-corrected chi connectivity index (χ4v) is 5.08.